The highest BCUT2D eigenvalue weighted by Crippen LogP contribution is 2.38. The van der Waals surface area contributed by atoms with Gasteiger partial charge in [-0.3, -0.25) is 9.89 Å². The van der Waals surface area contributed by atoms with Crippen molar-refractivity contribution in [3.05, 3.63) is 22.4 Å². The fraction of sp³-hybridized carbons (Fsp3) is 0.737. The number of hydrogen-bond acceptors (Lipinski definition) is 5. The second-order valence-electron chi connectivity index (χ2n) is 7.58. The van der Waals surface area contributed by atoms with Crippen molar-refractivity contribution in [1.29, 1.82) is 0 Å². The van der Waals surface area contributed by atoms with Crippen molar-refractivity contribution >= 4 is 41.3 Å². The number of aliphatic imine (C=N–C) groups is 1. The smallest absolute Gasteiger partial charge is 0.193 e. The van der Waals surface area contributed by atoms with Crippen LogP contribution in [0.5, 0.6) is 0 Å². The largest absolute Gasteiger partial charge is 0.381 e. The molecule has 3 aliphatic heterocycles. The average molecular weight is 506 g/mol. The summed E-state index contributed by atoms with van der Waals surface area (Å²) in [4.78, 5) is 10.9. The molecule has 2 unspecified atom stereocenters. The number of ether oxygens (including phenoxy) is 2. The number of nitrogens with zero attached hydrogens (tertiary/aromatic N) is 3. The second-order valence-corrected chi connectivity index (χ2v) is 8.56. The first-order valence-corrected chi connectivity index (χ1v) is 10.6. The Morgan fingerprint density at radius 1 is 1.26 bits per heavy atom. The first kappa shape index (κ1) is 21.3. The number of guanidine groups is 1. The zero-order valence-corrected chi connectivity index (χ0v) is 19.2. The van der Waals surface area contributed by atoms with Crippen molar-refractivity contribution in [2.24, 2.45) is 10.4 Å². The van der Waals surface area contributed by atoms with E-state index in [0.717, 1.165) is 65.1 Å². The van der Waals surface area contributed by atoms with Crippen molar-refractivity contribution in [2.75, 3.05) is 66.2 Å². The minimum absolute atomic E-state index is 0. The molecule has 8 heteroatoms. The van der Waals surface area contributed by atoms with Gasteiger partial charge in [0.05, 0.1) is 25.9 Å². The second kappa shape index (κ2) is 9.87. The highest BCUT2D eigenvalue weighted by Gasteiger charge is 2.42. The molecule has 0 aromatic carbocycles. The van der Waals surface area contributed by atoms with Gasteiger partial charge >= 0.3 is 0 Å². The molecule has 0 amide bonds. The summed E-state index contributed by atoms with van der Waals surface area (Å²) in [5.41, 5.74) is 0.356. The van der Waals surface area contributed by atoms with Crippen LogP contribution in [-0.2, 0) is 9.47 Å². The molecular weight excluding hydrogens is 475 g/mol. The molecule has 3 aliphatic rings. The maximum atomic E-state index is 5.67. The van der Waals surface area contributed by atoms with E-state index in [1.165, 1.54) is 17.7 Å². The van der Waals surface area contributed by atoms with E-state index in [1.54, 1.807) is 0 Å². The summed E-state index contributed by atoms with van der Waals surface area (Å²) < 4.78 is 11.2. The third kappa shape index (κ3) is 4.95. The fourth-order valence-corrected chi connectivity index (χ4v) is 5.25. The molecule has 27 heavy (non-hydrogen) atoms. The van der Waals surface area contributed by atoms with Crippen molar-refractivity contribution in [2.45, 2.75) is 18.9 Å². The quantitative estimate of drug-likeness (QED) is 0.386. The summed E-state index contributed by atoms with van der Waals surface area (Å²) in [6.07, 6.45) is 2.40. The molecule has 4 rings (SSSR count). The molecule has 1 spiro atoms. The monoisotopic (exact) mass is 506 g/mol. The van der Waals surface area contributed by atoms with E-state index in [2.05, 4.69) is 37.6 Å². The van der Waals surface area contributed by atoms with Gasteiger partial charge in [-0.15, -0.1) is 35.3 Å². The molecule has 6 nitrogen and oxygen atoms in total. The van der Waals surface area contributed by atoms with Gasteiger partial charge in [0, 0.05) is 56.7 Å². The zero-order valence-electron chi connectivity index (χ0n) is 16.1. The maximum absolute atomic E-state index is 5.67. The molecule has 4 heterocycles. The van der Waals surface area contributed by atoms with Crippen LogP contribution < -0.4 is 5.32 Å². The molecular formula is C19H31IN4O2S. The van der Waals surface area contributed by atoms with Crippen molar-refractivity contribution in [3.8, 4) is 0 Å². The molecule has 0 aliphatic carbocycles. The van der Waals surface area contributed by atoms with Gasteiger partial charge in [-0.05, 0) is 24.3 Å². The standard InChI is InChI=1S/C19H30N4O2S.HI/c1-20-18(23-6-4-19(14-23)5-9-25-15-19)21-13-16(17-3-2-12-26-17)22-7-10-24-11-8-22;/h2-3,12,16H,4-11,13-15H2,1H3,(H,20,21);1H. The van der Waals surface area contributed by atoms with Gasteiger partial charge in [-0.25, -0.2) is 0 Å². The van der Waals surface area contributed by atoms with Gasteiger partial charge < -0.3 is 19.7 Å². The van der Waals surface area contributed by atoms with Crippen LogP contribution in [0.2, 0.25) is 0 Å². The number of likely N-dealkylation sites (tertiary alicyclic amines) is 1. The van der Waals surface area contributed by atoms with Gasteiger partial charge in [0.15, 0.2) is 5.96 Å². The first-order chi connectivity index (χ1) is 12.8. The van der Waals surface area contributed by atoms with Crippen molar-refractivity contribution in [1.82, 2.24) is 15.1 Å². The van der Waals surface area contributed by atoms with Crippen molar-refractivity contribution < 1.29 is 9.47 Å². The summed E-state index contributed by atoms with van der Waals surface area (Å²) in [5.74, 6) is 1.03. The Bertz CT molecular complexity index is 601. The minimum Gasteiger partial charge on any atom is -0.381 e. The van der Waals surface area contributed by atoms with E-state index in [-0.39, 0.29) is 24.0 Å². The van der Waals surface area contributed by atoms with Crippen LogP contribution in [0.3, 0.4) is 0 Å². The SMILES string of the molecule is CN=C(NCC(c1cccs1)N1CCOCC1)N1CCC2(CCOC2)C1.I. The number of rotatable bonds is 4. The Kier molecular flexibility index (Phi) is 7.78. The van der Waals surface area contributed by atoms with E-state index >= 15 is 0 Å². The minimum atomic E-state index is 0. The fourth-order valence-electron chi connectivity index (χ4n) is 4.39. The summed E-state index contributed by atoms with van der Waals surface area (Å²) in [5, 5.41) is 5.83. The lowest BCUT2D eigenvalue weighted by Crippen LogP contribution is -2.47. The molecule has 3 fully saturated rings. The van der Waals surface area contributed by atoms with E-state index in [0.29, 0.717) is 11.5 Å². The molecule has 3 saturated heterocycles. The highest BCUT2D eigenvalue weighted by molar-refractivity contribution is 14.0. The predicted molar refractivity (Wildman–Crippen MR) is 120 cm³/mol. The van der Waals surface area contributed by atoms with Gasteiger partial charge in [0.25, 0.3) is 0 Å². The molecule has 1 aromatic rings. The molecule has 0 bridgehead atoms. The Morgan fingerprint density at radius 2 is 2.11 bits per heavy atom. The molecule has 152 valence electrons. The van der Waals surface area contributed by atoms with Gasteiger partial charge in [-0.2, -0.15) is 0 Å². The van der Waals surface area contributed by atoms with E-state index in [1.807, 2.05) is 18.4 Å². The van der Waals surface area contributed by atoms with Crippen LogP contribution in [0, 0.1) is 5.41 Å². The Balaban J connectivity index is 0.00000210. The van der Waals surface area contributed by atoms with Crippen LogP contribution in [-0.4, -0.2) is 82.0 Å². The van der Waals surface area contributed by atoms with Gasteiger partial charge in [-0.1, -0.05) is 6.07 Å². The van der Waals surface area contributed by atoms with Gasteiger partial charge in [0.2, 0.25) is 0 Å². The van der Waals surface area contributed by atoms with Crippen LogP contribution in [0.25, 0.3) is 0 Å². The lowest BCUT2D eigenvalue weighted by Gasteiger charge is -2.35. The van der Waals surface area contributed by atoms with Gasteiger partial charge in [0.1, 0.15) is 0 Å². The summed E-state index contributed by atoms with van der Waals surface area (Å²) in [7, 11) is 1.90. The lowest BCUT2D eigenvalue weighted by molar-refractivity contribution is 0.0176. The summed E-state index contributed by atoms with van der Waals surface area (Å²) in [6, 6.07) is 4.77. The topological polar surface area (TPSA) is 49.3 Å². The first-order valence-electron chi connectivity index (χ1n) is 9.68. The number of hydrogen-bond donors (Lipinski definition) is 1. The Hall–Kier alpha value is -0.420. The normalized spacial score (nSPS) is 27.7. The molecule has 1 aromatic heterocycles. The molecule has 1 N–H and O–H groups in total. The van der Waals surface area contributed by atoms with Crippen LogP contribution in [0.4, 0.5) is 0 Å². The third-order valence-electron chi connectivity index (χ3n) is 5.95. The Morgan fingerprint density at radius 3 is 2.78 bits per heavy atom. The predicted octanol–water partition coefficient (Wildman–Crippen LogP) is 2.43. The summed E-state index contributed by atoms with van der Waals surface area (Å²) in [6.45, 7) is 8.48. The van der Waals surface area contributed by atoms with E-state index < -0.39 is 0 Å². The number of halogens is 1. The van der Waals surface area contributed by atoms with Crippen molar-refractivity contribution in [3.63, 3.8) is 0 Å². The lowest BCUT2D eigenvalue weighted by atomic mass is 9.87. The van der Waals surface area contributed by atoms with Crippen LogP contribution >= 0.6 is 35.3 Å². The summed E-state index contributed by atoms with van der Waals surface area (Å²) >= 11 is 1.84. The van der Waals surface area contributed by atoms with Crippen LogP contribution in [0.1, 0.15) is 23.8 Å². The Labute approximate surface area is 183 Å². The molecule has 2 atom stereocenters. The molecule has 0 radical (unpaired) electrons. The maximum Gasteiger partial charge on any atom is 0.193 e. The molecule has 0 saturated carbocycles. The number of morpholine rings is 1. The number of thiophene rings is 1. The highest BCUT2D eigenvalue weighted by atomic mass is 127. The van der Waals surface area contributed by atoms with Crippen LogP contribution in [0.15, 0.2) is 22.5 Å². The van der Waals surface area contributed by atoms with E-state index in [9.17, 15) is 0 Å². The average Bonchev–Trinajstić information content (AvgIpc) is 3.44. The van der Waals surface area contributed by atoms with E-state index in [4.69, 9.17) is 9.47 Å². The zero-order chi connectivity index (χ0) is 17.8. The number of nitrogens with one attached hydrogen (secondary N) is 1. The third-order valence-corrected chi connectivity index (χ3v) is 6.92.